The standard InChI is InChI=1S/C14H15N5O2/c1-9(2)21-12-7-5-4-6-11(12)8-15-18-13-10(3)17-19-14(20)16-13/h4-9H,3H2,1-2H3,(H,16,18,20)/b15-8+. The Morgan fingerprint density at radius 1 is 1.33 bits per heavy atom. The molecule has 7 heteroatoms. The fourth-order valence-corrected chi connectivity index (χ4v) is 1.53. The molecule has 0 unspecified atom stereocenters. The molecule has 1 aromatic rings. The van der Waals surface area contributed by atoms with Gasteiger partial charge in [-0.25, -0.2) is 4.79 Å². The highest BCUT2D eigenvalue weighted by Gasteiger charge is 2.14. The quantitative estimate of drug-likeness (QED) is 0.681. The highest BCUT2D eigenvalue weighted by atomic mass is 16.5. The van der Waals surface area contributed by atoms with Gasteiger partial charge in [0.15, 0.2) is 5.84 Å². The average molecular weight is 285 g/mol. The molecule has 0 atom stereocenters. The maximum atomic E-state index is 11.1. The van der Waals surface area contributed by atoms with Gasteiger partial charge in [0.05, 0.1) is 12.3 Å². The predicted octanol–water partition coefficient (Wildman–Crippen LogP) is 2.90. The van der Waals surface area contributed by atoms with Crippen LogP contribution >= 0.6 is 0 Å². The van der Waals surface area contributed by atoms with Gasteiger partial charge in [-0.3, -0.25) is 5.32 Å². The number of hydrogen-bond acceptors (Lipinski definition) is 5. The number of ether oxygens (including phenoxy) is 1. The van der Waals surface area contributed by atoms with E-state index in [0.29, 0.717) is 5.75 Å². The molecule has 0 bridgehead atoms. The van der Waals surface area contributed by atoms with Crippen LogP contribution in [0.25, 0.3) is 0 Å². The molecule has 1 N–H and O–H groups in total. The Morgan fingerprint density at radius 2 is 2.10 bits per heavy atom. The summed E-state index contributed by atoms with van der Waals surface area (Å²) in [5, 5.41) is 17.1. The topological polar surface area (TPSA) is 87.8 Å². The smallest absolute Gasteiger partial charge is 0.365 e. The molecular formula is C14H15N5O2. The fourth-order valence-electron chi connectivity index (χ4n) is 1.53. The lowest BCUT2D eigenvalue weighted by Gasteiger charge is -2.11. The maximum absolute atomic E-state index is 11.1. The summed E-state index contributed by atoms with van der Waals surface area (Å²) in [7, 11) is 0. The van der Waals surface area contributed by atoms with Crippen molar-refractivity contribution in [2.24, 2.45) is 20.4 Å². The molecule has 2 amide bonds. The van der Waals surface area contributed by atoms with Crippen LogP contribution in [-0.4, -0.2) is 24.2 Å². The highest BCUT2D eigenvalue weighted by Crippen LogP contribution is 2.17. The van der Waals surface area contributed by atoms with Crippen molar-refractivity contribution in [2.45, 2.75) is 20.0 Å². The van der Waals surface area contributed by atoms with Crippen LogP contribution in [0.5, 0.6) is 5.75 Å². The van der Waals surface area contributed by atoms with Crippen LogP contribution in [0.3, 0.4) is 0 Å². The Morgan fingerprint density at radius 3 is 2.86 bits per heavy atom. The summed E-state index contributed by atoms with van der Waals surface area (Å²) >= 11 is 0. The monoisotopic (exact) mass is 285 g/mol. The van der Waals surface area contributed by atoms with Gasteiger partial charge < -0.3 is 4.74 Å². The first-order valence-electron chi connectivity index (χ1n) is 6.35. The zero-order valence-corrected chi connectivity index (χ0v) is 11.8. The molecule has 108 valence electrons. The summed E-state index contributed by atoms with van der Waals surface area (Å²) in [6.07, 6.45) is 1.60. The molecule has 0 aromatic heterocycles. The molecule has 1 heterocycles. The number of hydrogen-bond donors (Lipinski definition) is 1. The number of rotatable bonds is 4. The third-order valence-electron chi connectivity index (χ3n) is 2.40. The summed E-state index contributed by atoms with van der Waals surface area (Å²) in [6, 6.07) is 6.86. The number of para-hydroxylation sites is 1. The number of amidine groups is 1. The second kappa shape index (κ2) is 6.56. The first-order valence-corrected chi connectivity index (χ1v) is 6.35. The molecule has 1 aliphatic rings. The first kappa shape index (κ1) is 14.6. The van der Waals surface area contributed by atoms with E-state index in [1.165, 1.54) is 6.21 Å². The fraction of sp³-hybridized carbons (Fsp3) is 0.214. The number of azo groups is 1. The van der Waals surface area contributed by atoms with Crippen LogP contribution in [0, 0.1) is 0 Å². The van der Waals surface area contributed by atoms with Crippen molar-refractivity contribution in [2.75, 3.05) is 0 Å². The minimum atomic E-state index is -0.597. The highest BCUT2D eigenvalue weighted by molar-refractivity contribution is 6.08. The lowest BCUT2D eigenvalue weighted by atomic mass is 10.2. The molecule has 7 nitrogen and oxygen atoms in total. The van der Waals surface area contributed by atoms with Gasteiger partial charge in [-0.15, -0.1) is 10.2 Å². The molecule has 0 saturated heterocycles. The molecule has 2 rings (SSSR count). The van der Waals surface area contributed by atoms with Gasteiger partial charge >= 0.3 is 6.03 Å². The lowest BCUT2D eigenvalue weighted by molar-refractivity contribution is 0.242. The second-order valence-corrected chi connectivity index (χ2v) is 4.47. The van der Waals surface area contributed by atoms with Crippen molar-refractivity contribution in [1.29, 1.82) is 0 Å². The largest absolute Gasteiger partial charge is 0.490 e. The average Bonchev–Trinajstić information content (AvgIpc) is 2.44. The summed E-state index contributed by atoms with van der Waals surface area (Å²) in [5.74, 6) is 0.885. The SMILES string of the molecule is C=C1N=NC(=O)N/C1=N/N=C/c1ccccc1OC(C)C. The van der Waals surface area contributed by atoms with Crippen molar-refractivity contribution in [1.82, 2.24) is 5.32 Å². The number of urea groups is 1. The summed E-state index contributed by atoms with van der Waals surface area (Å²) < 4.78 is 5.67. The van der Waals surface area contributed by atoms with Crippen LogP contribution in [0.1, 0.15) is 19.4 Å². The minimum Gasteiger partial charge on any atom is -0.490 e. The normalized spacial score (nSPS) is 16.8. The van der Waals surface area contributed by atoms with E-state index in [1.807, 2.05) is 38.1 Å². The van der Waals surface area contributed by atoms with E-state index in [4.69, 9.17) is 4.74 Å². The van der Waals surface area contributed by atoms with Crippen LogP contribution in [-0.2, 0) is 0 Å². The Balaban J connectivity index is 2.16. The molecule has 0 saturated carbocycles. The third kappa shape index (κ3) is 4.07. The predicted molar refractivity (Wildman–Crippen MR) is 79.8 cm³/mol. The van der Waals surface area contributed by atoms with Gasteiger partial charge in [0.1, 0.15) is 11.4 Å². The van der Waals surface area contributed by atoms with E-state index in [9.17, 15) is 4.79 Å². The Kier molecular flexibility index (Phi) is 4.55. The summed E-state index contributed by atoms with van der Waals surface area (Å²) in [5.41, 5.74) is 1.03. The van der Waals surface area contributed by atoms with Crippen molar-refractivity contribution in [3.05, 3.63) is 42.1 Å². The number of carbonyl (C=O) groups excluding carboxylic acids is 1. The van der Waals surface area contributed by atoms with Crippen LogP contribution < -0.4 is 10.1 Å². The van der Waals surface area contributed by atoms with E-state index >= 15 is 0 Å². The van der Waals surface area contributed by atoms with Crippen LogP contribution in [0.2, 0.25) is 0 Å². The van der Waals surface area contributed by atoms with E-state index < -0.39 is 6.03 Å². The van der Waals surface area contributed by atoms with Crippen molar-refractivity contribution in [3.8, 4) is 5.75 Å². The van der Waals surface area contributed by atoms with Gasteiger partial charge in [-0.1, -0.05) is 23.8 Å². The number of benzene rings is 1. The molecule has 0 spiro atoms. The zero-order chi connectivity index (χ0) is 15.2. The van der Waals surface area contributed by atoms with Gasteiger partial charge in [0, 0.05) is 5.56 Å². The van der Waals surface area contributed by atoms with Crippen molar-refractivity contribution >= 4 is 18.1 Å². The van der Waals surface area contributed by atoms with Gasteiger partial charge in [0.25, 0.3) is 0 Å². The number of nitrogens with zero attached hydrogens (tertiary/aromatic N) is 4. The number of amides is 2. The minimum absolute atomic E-state index is 0.0590. The summed E-state index contributed by atoms with van der Waals surface area (Å²) in [4.78, 5) is 11.1. The Hall–Kier alpha value is -2.83. The van der Waals surface area contributed by atoms with E-state index in [0.717, 1.165) is 5.56 Å². The third-order valence-corrected chi connectivity index (χ3v) is 2.40. The molecule has 0 radical (unpaired) electrons. The van der Waals surface area contributed by atoms with Crippen molar-refractivity contribution in [3.63, 3.8) is 0 Å². The van der Waals surface area contributed by atoms with Gasteiger partial charge in [0.2, 0.25) is 0 Å². The Bertz CT molecular complexity index is 647. The number of carbonyl (C=O) groups is 1. The van der Waals surface area contributed by atoms with Crippen LogP contribution in [0.4, 0.5) is 4.79 Å². The van der Waals surface area contributed by atoms with E-state index in [-0.39, 0.29) is 17.6 Å². The summed E-state index contributed by atoms with van der Waals surface area (Å²) in [6.45, 7) is 7.50. The van der Waals surface area contributed by atoms with Gasteiger partial charge in [-0.2, -0.15) is 5.10 Å². The van der Waals surface area contributed by atoms with Gasteiger partial charge in [-0.05, 0) is 26.0 Å². The maximum Gasteiger partial charge on any atom is 0.365 e. The van der Waals surface area contributed by atoms with E-state index in [1.54, 1.807) is 0 Å². The Labute approximate surface area is 122 Å². The van der Waals surface area contributed by atoms with Crippen LogP contribution in [0.15, 0.2) is 57.0 Å². The molecule has 0 fully saturated rings. The van der Waals surface area contributed by atoms with E-state index in [2.05, 4.69) is 32.3 Å². The molecule has 21 heavy (non-hydrogen) atoms. The lowest BCUT2D eigenvalue weighted by Crippen LogP contribution is -2.31. The first-order chi connectivity index (χ1) is 10.1. The molecule has 0 aliphatic carbocycles. The molecule has 1 aromatic carbocycles. The van der Waals surface area contributed by atoms with Crippen molar-refractivity contribution < 1.29 is 9.53 Å². The zero-order valence-electron chi connectivity index (χ0n) is 11.8. The molecular weight excluding hydrogens is 270 g/mol. The second-order valence-electron chi connectivity index (χ2n) is 4.47. The molecule has 1 aliphatic heterocycles. The number of nitrogens with one attached hydrogen (secondary N) is 1.